The Labute approximate surface area is 120 Å². The van der Waals surface area contributed by atoms with Crippen molar-refractivity contribution >= 4 is 16.9 Å². The number of aliphatic carboxylic acids is 1. The lowest BCUT2D eigenvalue weighted by molar-refractivity contribution is -0.136. The van der Waals surface area contributed by atoms with Crippen LogP contribution in [-0.4, -0.2) is 11.1 Å². The maximum Gasteiger partial charge on any atom is 0.307 e. The summed E-state index contributed by atoms with van der Waals surface area (Å²) in [6.07, 6.45) is -0.115. The SMILES string of the molecule is O=C(O)Cc1ccc2oc(-c3ccccc3)cc(=O)c2c1. The lowest BCUT2D eigenvalue weighted by Gasteiger charge is -2.04. The minimum atomic E-state index is -0.931. The molecule has 0 bridgehead atoms. The molecule has 2 aromatic carbocycles. The summed E-state index contributed by atoms with van der Waals surface area (Å²) in [4.78, 5) is 22.9. The minimum absolute atomic E-state index is 0.115. The zero-order valence-corrected chi connectivity index (χ0v) is 11.1. The fourth-order valence-corrected chi connectivity index (χ4v) is 2.23. The third-order valence-corrected chi connectivity index (χ3v) is 3.21. The smallest absolute Gasteiger partial charge is 0.307 e. The van der Waals surface area contributed by atoms with E-state index in [-0.39, 0.29) is 11.8 Å². The molecule has 0 aliphatic heterocycles. The third kappa shape index (κ3) is 2.69. The average molecular weight is 280 g/mol. The second-order valence-corrected chi connectivity index (χ2v) is 4.74. The number of carboxylic acid groups (broad SMARTS) is 1. The van der Waals surface area contributed by atoms with Crippen molar-refractivity contribution in [2.24, 2.45) is 0 Å². The van der Waals surface area contributed by atoms with E-state index in [0.29, 0.717) is 22.3 Å². The monoisotopic (exact) mass is 280 g/mol. The van der Waals surface area contributed by atoms with Gasteiger partial charge in [0.15, 0.2) is 5.43 Å². The molecule has 0 radical (unpaired) electrons. The summed E-state index contributed by atoms with van der Waals surface area (Å²) in [6, 6.07) is 15.7. The van der Waals surface area contributed by atoms with Gasteiger partial charge < -0.3 is 9.52 Å². The molecular formula is C17H12O4. The Morgan fingerprint density at radius 1 is 1.05 bits per heavy atom. The van der Waals surface area contributed by atoms with E-state index < -0.39 is 5.97 Å². The molecule has 104 valence electrons. The van der Waals surface area contributed by atoms with Crippen LogP contribution in [0.25, 0.3) is 22.3 Å². The molecule has 3 aromatic rings. The Morgan fingerprint density at radius 3 is 2.52 bits per heavy atom. The van der Waals surface area contributed by atoms with Crippen LogP contribution in [0.2, 0.25) is 0 Å². The first-order valence-electron chi connectivity index (χ1n) is 6.47. The predicted octanol–water partition coefficient (Wildman–Crippen LogP) is 3.09. The molecule has 0 saturated heterocycles. The number of rotatable bonds is 3. The molecule has 0 amide bonds. The first-order valence-corrected chi connectivity index (χ1v) is 6.47. The van der Waals surface area contributed by atoms with Crippen molar-refractivity contribution in [1.82, 2.24) is 0 Å². The van der Waals surface area contributed by atoms with Crippen molar-refractivity contribution in [2.75, 3.05) is 0 Å². The van der Waals surface area contributed by atoms with Crippen molar-refractivity contribution in [3.8, 4) is 11.3 Å². The summed E-state index contributed by atoms with van der Waals surface area (Å²) in [6.45, 7) is 0. The fraction of sp³-hybridized carbons (Fsp3) is 0.0588. The highest BCUT2D eigenvalue weighted by Gasteiger charge is 2.08. The molecule has 0 unspecified atom stereocenters. The van der Waals surface area contributed by atoms with Crippen molar-refractivity contribution in [3.05, 3.63) is 70.4 Å². The first kappa shape index (κ1) is 13.1. The number of fused-ring (bicyclic) bond motifs is 1. The summed E-state index contributed by atoms with van der Waals surface area (Å²) in [5, 5.41) is 9.20. The molecule has 1 heterocycles. The molecule has 0 aliphatic carbocycles. The zero-order valence-electron chi connectivity index (χ0n) is 11.1. The second-order valence-electron chi connectivity index (χ2n) is 4.74. The summed E-state index contributed by atoms with van der Waals surface area (Å²) in [5.41, 5.74) is 1.68. The molecule has 0 spiro atoms. The molecule has 0 fully saturated rings. The molecule has 4 nitrogen and oxygen atoms in total. The molecular weight excluding hydrogens is 268 g/mol. The summed E-state index contributed by atoms with van der Waals surface area (Å²) >= 11 is 0. The van der Waals surface area contributed by atoms with Crippen molar-refractivity contribution < 1.29 is 14.3 Å². The van der Waals surface area contributed by atoms with Crippen LogP contribution in [-0.2, 0) is 11.2 Å². The van der Waals surface area contributed by atoms with Gasteiger partial charge in [0, 0.05) is 11.6 Å². The van der Waals surface area contributed by atoms with E-state index in [1.807, 2.05) is 30.3 Å². The molecule has 21 heavy (non-hydrogen) atoms. The minimum Gasteiger partial charge on any atom is -0.481 e. The third-order valence-electron chi connectivity index (χ3n) is 3.21. The van der Waals surface area contributed by atoms with Crippen LogP contribution in [0.3, 0.4) is 0 Å². The first-order chi connectivity index (χ1) is 10.1. The fourth-order valence-electron chi connectivity index (χ4n) is 2.23. The Bertz CT molecular complexity index is 863. The van der Waals surface area contributed by atoms with Crippen LogP contribution in [0, 0.1) is 0 Å². The number of hydrogen-bond acceptors (Lipinski definition) is 3. The van der Waals surface area contributed by atoms with Gasteiger partial charge in [-0.1, -0.05) is 36.4 Å². The van der Waals surface area contributed by atoms with Gasteiger partial charge in [-0.05, 0) is 17.7 Å². The number of hydrogen-bond donors (Lipinski definition) is 1. The normalized spacial score (nSPS) is 10.7. The van der Waals surface area contributed by atoms with Crippen LogP contribution in [0.1, 0.15) is 5.56 Å². The molecule has 0 saturated carbocycles. The largest absolute Gasteiger partial charge is 0.481 e. The summed E-state index contributed by atoms with van der Waals surface area (Å²) in [7, 11) is 0. The Hall–Kier alpha value is -2.88. The van der Waals surface area contributed by atoms with Gasteiger partial charge in [-0.25, -0.2) is 0 Å². The van der Waals surface area contributed by atoms with Crippen LogP contribution >= 0.6 is 0 Å². The van der Waals surface area contributed by atoms with Crippen molar-refractivity contribution in [3.63, 3.8) is 0 Å². The van der Waals surface area contributed by atoms with Gasteiger partial charge in [-0.3, -0.25) is 9.59 Å². The number of benzene rings is 2. The van der Waals surface area contributed by atoms with E-state index in [9.17, 15) is 9.59 Å². The van der Waals surface area contributed by atoms with Gasteiger partial charge in [0.25, 0.3) is 0 Å². The van der Waals surface area contributed by atoms with E-state index in [2.05, 4.69) is 0 Å². The van der Waals surface area contributed by atoms with Gasteiger partial charge in [-0.2, -0.15) is 0 Å². The van der Waals surface area contributed by atoms with Crippen LogP contribution < -0.4 is 5.43 Å². The highest BCUT2D eigenvalue weighted by Crippen LogP contribution is 2.22. The zero-order chi connectivity index (χ0) is 14.8. The number of carboxylic acids is 1. The van der Waals surface area contributed by atoms with Gasteiger partial charge in [0.05, 0.1) is 11.8 Å². The molecule has 0 aliphatic rings. The maximum atomic E-state index is 12.2. The molecule has 0 atom stereocenters. The van der Waals surface area contributed by atoms with Crippen LogP contribution in [0.15, 0.2) is 63.8 Å². The lowest BCUT2D eigenvalue weighted by atomic mass is 10.1. The highest BCUT2D eigenvalue weighted by molar-refractivity contribution is 5.81. The van der Waals surface area contributed by atoms with Crippen molar-refractivity contribution in [2.45, 2.75) is 6.42 Å². The van der Waals surface area contributed by atoms with E-state index in [1.54, 1.807) is 18.2 Å². The summed E-state index contributed by atoms with van der Waals surface area (Å²) in [5.74, 6) is -0.432. The highest BCUT2D eigenvalue weighted by atomic mass is 16.4. The molecule has 3 rings (SSSR count). The van der Waals surface area contributed by atoms with Gasteiger partial charge in [-0.15, -0.1) is 0 Å². The Balaban J connectivity index is 2.14. The van der Waals surface area contributed by atoms with E-state index >= 15 is 0 Å². The quantitative estimate of drug-likeness (QED) is 0.800. The molecule has 4 heteroatoms. The Kier molecular flexibility index (Phi) is 3.28. The second kappa shape index (κ2) is 5.25. The number of carbonyl (C=O) groups is 1. The average Bonchev–Trinajstić information content (AvgIpc) is 2.48. The topological polar surface area (TPSA) is 67.5 Å². The standard InChI is InChI=1S/C17H12O4/c18-14-10-16(12-4-2-1-3-5-12)21-15-7-6-11(8-13(14)15)9-17(19)20/h1-8,10H,9H2,(H,19,20). The summed E-state index contributed by atoms with van der Waals surface area (Å²) < 4.78 is 5.74. The van der Waals surface area contributed by atoms with Gasteiger partial charge in [0.1, 0.15) is 11.3 Å². The van der Waals surface area contributed by atoms with Gasteiger partial charge in [0.2, 0.25) is 0 Å². The molecule has 1 N–H and O–H groups in total. The molecule has 1 aromatic heterocycles. The van der Waals surface area contributed by atoms with Crippen molar-refractivity contribution in [1.29, 1.82) is 0 Å². The lowest BCUT2D eigenvalue weighted by Crippen LogP contribution is -2.04. The Morgan fingerprint density at radius 2 is 1.81 bits per heavy atom. The predicted molar refractivity (Wildman–Crippen MR) is 79.3 cm³/mol. The van der Waals surface area contributed by atoms with Crippen LogP contribution in [0.5, 0.6) is 0 Å². The van der Waals surface area contributed by atoms with E-state index in [0.717, 1.165) is 5.56 Å². The van der Waals surface area contributed by atoms with Gasteiger partial charge >= 0.3 is 5.97 Å². The van der Waals surface area contributed by atoms with E-state index in [4.69, 9.17) is 9.52 Å². The van der Waals surface area contributed by atoms with E-state index in [1.165, 1.54) is 6.07 Å². The maximum absolute atomic E-state index is 12.2. The van der Waals surface area contributed by atoms with Crippen LogP contribution in [0.4, 0.5) is 0 Å².